The third kappa shape index (κ3) is 3.62. The van der Waals surface area contributed by atoms with Gasteiger partial charge in [0, 0.05) is 31.1 Å². The normalized spacial score (nSPS) is 14.5. The first-order valence-electron chi connectivity index (χ1n) is 9.61. The predicted molar refractivity (Wildman–Crippen MR) is 119 cm³/mol. The van der Waals surface area contributed by atoms with Crippen molar-refractivity contribution in [3.63, 3.8) is 0 Å². The number of hydrogen-bond donors (Lipinski definition) is 1. The lowest BCUT2D eigenvalue weighted by Gasteiger charge is -2.27. The van der Waals surface area contributed by atoms with Gasteiger partial charge in [-0.15, -0.1) is 21.5 Å². The molecule has 0 spiro atoms. The Bertz CT molecular complexity index is 1230. The van der Waals surface area contributed by atoms with Crippen LogP contribution in [0.5, 0.6) is 0 Å². The van der Waals surface area contributed by atoms with E-state index in [9.17, 15) is 4.79 Å². The second-order valence-electron chi connectivity index (χ2n) is 6.94. The van der Waals surface area contributed by atoms with E-state index in [-0.39, 0.29) is 5.56 Å². The number of rotatable bonds is 5. The average Bonchev–Trinajstić information content (AvgIpc) is 3.37. The number of morpholine rings is 1. The molecule has 0 radical (unpaired) electrons. The second kappa shape index (κ2) is 8.21. The largest absolute Gasteiger partial charge is 0.378 e. The molecule has 1 aromatic carbocycles. The number of thiophene rings is 1. The molecule has 5 rings (SSSR count). The quantitative estimate of drug-likeness (QED) is 0.477. The molecule has 0 saturated carbocycles. The molecule has 30 heavy (non-hydrogen) atoms. The highest BCUT2D eigenvalue weighted by Crippen LogP contribution is 2.31. The highest BCUT2D eigenvalue weighted by Gasteiger charge is 2.19. The zero-order valence-electron chi connectivity index (χ0n) is 16.4. The molecule has 154 valence electrons. The van der Waals surface area contributed by atoms with Crippen LogP contribution in [0, 0.1) is 0 Å². The van der Waals surface area contributed by atoms with Crippen molar-refractivity contribution in [3.05, 3.63) is 51.9 Å². The number of thioether (sulfide) groups is 1. The minimum absolute atomic E-state index is 0.109. The number of nitrogens with zero attached hydrogens (tertiary/aromatic N) is 5. The first-order chi connectivity index (χ1) is 14.7. The van der Waals surface area contributed by atoms with E-state index >= 15 is 0 Å². The van der Waals surface area contributed by atoms with Gasteiger partial charge in [-0.3, -0.25) is 9.36 Å². The van der Waals surface area contributed by atoms with E-state index in [1.165, 1.54) is 23.1 Å². The summed E-state index contributed by atoms with van der Waals surface area (Å²) in [5, 5.41) is 12.1. The van der Waals surface area contributed by atoms with Gasteiger partial charge in [0.05, 0.1) is 24.4 Å². The highest BCUT2D eigenvalue weighted by atomic mass is 32.2. The van der Waals surface area contributed by atoms with Crippen LogP contribution in [0.4, 0.5) is 5.95 Å². The van der Waals surface area contributed by atoms with Crippen LogP contribution in [-0.2, 0) is 17.5 Å². The lowest BCUT2D eigenvalue weighted by Crippen LogP contribution is -2.37. The van der Waals surface area contributed by atoms with Crippen LogP contribution < -0.4 is 10.5 Å². The van der Waals surface area contributed by atoms with Crippen LogP contribution in [0.15, 0.2) is 45.7 Å². The van der Waals surface area contributed by atoms with Gasteiger partial charge in [-0.2, -0.15) is 0 Å². The smallest absolute Gasteiger partial charge is 0.260 e. The average molecular weight is 441 g/mol. The van der Waals surface area contributed by atoms with Gasteiger partial charge in [-0.1, -0.05) is 42.1 Å². The summed E-state index contributed by atoms with van der Waals surface area (Å²) in [5.74, 6) is 1.98. The Kier molecular flexibility index (Phi) is 5.28. The van der Waals surface area contributed by atoms with E-state index in [0.29, 0.717) is 30.2 Å². The van der Waals surface area contributed by atoms with Crippen LogP contribution in [0.3, 0.4) is 0 Å². The summed E-state index contributed by atoms with van der Waals surface area (Å²) >= 11 is 3.00. The molecule has 0 aliphatic carbocycles. The van der Waals surface area contributed by atoms with E-state index in [0.717, 1.165) is 40.2 Å². The van der Waals surface area contributed by atoms with E-state index < -0.39 is 0 Å². The fourth-order valence-corrected chi connectivity index (χ4v) is 5.24. The van der Waals surface area contributed by atoms with E-state index in [2.05, 4.69) is 25.1 Å². The monoisotopic (exact) mass is 440 g/mol. The van der Waals surface area contributed by atoms with Gasteiger partial charge in [0.2, 0.25) is 5.95 Å². The molecule has 10 heteroatoms. The van der Waals surface area contributed by atoms with Gasteiger partial charge >= 0.3 is 0 Å². The Labute approximate surface area is 180 Å². The Hall–Kier alpha value is -2.69. The summed E-state index contributed by atoms with van der Waals surface area (Å²) in [7, 11) is 1.96. The number of fused-ring (bicyclic) bond motifs is 1. The summed E-state index contributed by atoms with van der Waals surface area (Å²) in [4.78, 5) is 23.3. The summed E-state index contributed by atoms with van der Waals surface area (Å²) < 4.78 is 7.38. The molecule has 0 atom stereocenters. The Morgan fingerprint density at radius 3 is 2.80 bits per heavy atom. The SMILES string of the molecule is Cn1c(SCc2nc3scc(-c4ccccc4)c3c(=O)[nH]2)nnc1N1CCOCC1. The number of H-pyrrole nitrogens is 1. The molecule has 0 amide bonds. The van der Waals surface area contributed by atoms with Gasteiger partial charge in [0.25, 0.3) is 5.56 Å². The van der Waals surface area contributed by atoms with Crippen molar-refractivity contribution in [1.29, 1.82) is 0 Å². The zero-order chi connectivity index (χ0) is 20.5. The maximum absolute atomic E-state index is 12.8. The maximum Gasteiger partial charge on any atom is 0.260 e. The standard InChI is InChI=1S/C20H20N6O2S2/c1-25-19(26-7-9-28-10-8-26)23-24-20(25)30-12-15-21-17(27)16-14(11-29-18(16)22-15)13-5-3-2-4-6-13/h2-6,11H,7-10,12H2,1H3,(H,21,22,27). The predicted octanol–water partition coefficient (Wildman–Crippen LogP) is 2.91. The summed E-state index contributed by atoms with van der Waals surface area (Å²) in [6.07, 6.45) is 0. The first-order valence-corrected chi connectivity index (χ1v) is 11.5. The molecular formula is C20H20N6O2S2. The molecule has 4 aromatic rings. The van der Waals surface area contributed by atoms with Crippen molar-refractivity contribution in [3.8, 4) is 11.1 Å². The number of benzene rings is 1. The van der Waals surface area contributed by atoms with Crippen molar-refractivity contribution in [2.24, 2.45) is 7.05 Å². The first kappa shape index (κ1) is 19.3. The van der Waals surface area contributed by atoms with Crippen LogP contribution in [0.1, 0.15) is 5.82 Å². The molecule has 4 heterocycles. The van der Waals surface area contributed by atoms with Gasteiger partial charge in [0.15, 0.2) is 5.16 Å². The van der Waals surface area contributed by atoms with Crippen LogP contribution in [0.25, 0.3) is 21.3 Å². The Morgan fingerprint density at radius 1 is 1.20 bits per heavy atom. The summed E-state index contributed by atoms with van der Waals surface area (Å²) in [6, 6.07) is 9.91. The third-order valence-corrected chi connectivity index (χ3v) is 6.93. The number of aromatic nitrogens is 5. The molecule has 8 nitrogen and oxygen atoms in total. The number of hydrogen-bond acceptors (Lipinski definition) is 8. The Balaban J connectivity index is 1.37. The molecule has 1 N–H and O–H groups in total. The fraction of sp³-hybridized carbons (Fsp3) is 0.300. The number of ether oxygens (including phenoxy) is 1. The van der Waals surface area contributed by atoms with Crippen molar-refractivity contribution in [2.75, 3.05) is 31.2 Å². The topological polar surface area (TPSA) is 88.9 Å². The molecule has 1 saturated heterocycles. The lowest BCUT2D eigenvalue weighted by atomic mass is 10.1. The van der Waals surface area contributed by atoms with Crippen molar-refractivity contribution >= 4 is 39.3 Å². The van der Waals surface area contributed by atoms with E-state index in [1.807, 2.05) is 47.3 Å². The lowest BCUT2D eigenvalue weighted by molar-refractivity contribution is 0.121. The van der Waals surface area contributed by atoms with Crippen molar-refractivity contribution in [2.45, 2.75) is 10.9 Å². The van der Waals surface area contributed by atoms with Crippen molar-refractivity contribution < 1.29 is 4.74 Å². The number of anilines is 1. The number of aromatic amines is 1. The second-order valence-corrected chi connectivity index (χ2v) is 8.74. The molecule has 0 bridgehead atoms. The molecule has 0 unspecified atom stereocenters. The molecule has 3 aromatic heterocycles. The fourth-order valence-electron chi connectivity index (χ4n) is 3.50. The number of nitrogens with one attached hydrogen (secondary N) is 1. The van der Waals surface area contributed by atoms with E-state index in [4.69, 9.17) is 4.74 Å². The molecular weight excluding hydrogens is 420 g/mol. The van der Waals surface area contributed by atoms with Crippen LogP contribution >= 0.6 is 23.1 Å². The minimum atomic E-state index is -0.109. The van der Waals surface area contributed by atoms with Gasteiger partial charge in [0.1, 0.15) is 10.7 Å². The maximum atomic E-state index is 12.8. The summed E-state index contributed by atoms with van der Waals surface area (Å²) in [6.45, 7) is 3.02. The third-order valence-electron chi connectivity index (χ3n) is 5.02. The minimum Gasteiger partial charge on any atom is -0.378 e. The molecule has 1 aliphatic heterocycles. The van der Waals surface area contributed by atoms with Gasteiger partial charge in [-0.25, -0.2) is 4.98 Å². The molecule has 1 aliphatic rings. The van der Waals surface area contributed by atoms with Gasteiger partial charge in [-0.05, 0) is 5.56 Å². The van der Waals surface area contributed by atoms with Crippen LogP contribution in [-0.4, -0.2) is 51.0 Å². The zero-order valence-corrected chi connectivity index (χ0v) is 18.0. The summed E-state index contributed by atoms with van der Waals surface area (Å²) in [5.41, 5.74) is 1.84. The van der Waals surface area contributed by atoms with Gasteiger partial charge < -0.3 is 14.6 Å². The highest BCUT2D eigenvalue weighted by molar-refractivity contribution is 7.98. The van der Waals surface area contributed by atoms with E-state index in [1.54, 1.807) is 0 Å². The van der Waals surface area contributed by atoms with Crippen LogP contribution in [0.2, 0.25) is 0 Å². The molecule has 1 fully saturated rings. The van der Waals surface area contributed by atoms with Crippen molar-refractivity contribution in [1.82, 2.24) is 24.7 Å². The Morgan fingerprint density at radius 2 is 2.00 bits per heavy atom.